The minimum Gasteiger partial charge on any atom is -0.497 e. The van der Waals surface area contributed by atoms with Crippen LogP contribution < -0.4 is 14.2 Å². The fourth-order valence-electron chi connectivity index (χ4n) is 2.51. The van der Waals surface area contributed by atoms with Crippen molar-refractivity contribution in [2.45, 2.75) is 13.3 Å². The monoisotopic (exact) mass is 356 g/mol. The van der Waals surface area contributed by atoms with Crippen LogP contribution >= 0.6 is 0 Å². The highest BCUT2D eigenvalue weighted by atomic mass is 16.5. The van der Waals surface area contributed by atoms with E-state index in [0.29, 0.717) is 30.1 Å². The van der Waals surface area contributed by atoms with Crippen molar-refractivity contribution in [1.29, 1.82) is 0 Å². The van der Waals surface area contributed by atoms with E-state index >= 15 is 0 Å². The fourth-order valence-corrected chi connectivity index (χ4v) is 2.51. The summed E-state index contributed by atoms with van der Waals surface area (Å²) >= 11 is 0. The van der Waals surface area contributed by atoms with Gasteiger partial charge in [-0.1, -0.05) is 18.2 Å². The molecular weight excluding hydrogens is 332 g/mol. The molecule has 2 rings (SSSR count). The first-order valence-corrected chi connectivity index (χ1v) is 8.34. The molecule has 2 aromatic carbocycles. The second-order valence-corrected chi connectivity index (χ2v) is 5.53. The van der Waals surface area contributed by atoms with Crippen LogP contribution in [0.25, 0.3) is 6.08 Å². The average Bonchev–Trinajstić information content (AvgIpc) is 2.68. The number of carbonyl (C=O) groups is 1. The lowest BCUT2D eigenvalue weighted by molar-refractivity contribution is -0.138. The molecule has 2 aromatic rings. The van der Waals surface area contributed by atoms with Gasteiger partial charge in [0.1, 0.15) is 5.75 Å². The summed E-state index contributed by atoms with van der Waals surface area (Å²) < 4.78 is 21.0. The van der Waals surface area contributed by atoms with E-state index < -0.39 is 0 Å². The van der Waals surface area contributed by atoms with Crippen molar-refractivity contribution in [2.24, 2.45) is 0 Å². The molecule has 0 unspecified atom stereocenters. The Balaban J connectivity index is 2.33. The van der Waals surface area contributed by atoms with Gasteiger partial charge in [-0.3, -0.25) is 0 Å². The first kappa shape index (κ1) is 19.4. The minimum absolute atomic E-state index is 0.324. The van der Waals surface area contributed by atoms with Gasteiger partial charge in [-0.25, -0.2) is 4.79 Å². The van der Waals surface area contributed by atoms with E-state index in [1.807, 2.05) is 42.5 Å². The Bertz CT molecular complexity index is 762. The van der Waals surface area contributed by atoms with Gasteiger partial charge < -0.3 is 18.9 Å². The predicted molar refractivity (Wildman–Crippen MR) is 101 cm³/mol. The Morgan fingerprint density at radius 1 is 0.923 bits per heavy atom. The number of hydrogen-bond acceptors (Lipinski definition) is 5. The molecule has 0 saturated heterocycles. The molecule has 0 aliphatic heterocycles. The molecule has 5 heteroatoms. The van der Waals surface area contributed by atoms with E-state index in [4.69, 9.17) is 18.9 Å². The summed E-state index contributed by atoms with van der Waals surface area (Å²) in [6, 6.07) is 13.1. The minimum atomic E-state index is -0.335. The summed E-state index contributed by atoms with van der Waals surface area (Å²) in [7, 11) is 4.78. The number of carbonyl (C=O) groups excluding carboxylic acids is 1. The lowest BCUT2D eigenvalue weighted by Gasteiger charge is -2.10. The van der Waals surface area contributed by atoms with Crippen LogP contribution in [0.3, 0.4) is 0 Å². The van der Waals surface area contributed by atoms with Crippen molar-refractivity contribution in [3.05, 3.63) is 59.2 Å². The Hall–Kier alpha value is -2.95. The van der Waals surface area contributed by atoms with Crippen LogP contribution in [0.1, 0.15) is 18.1 Å². The van der Waals surface area contributed by atoms with Crippen LogP contribution in [0.2, 0.25) is 0 Å². The molecule has 0 amide bonds. The second kappa shape index (κ2) is 9.51. The van der Waals surface area contributed by atoms with Crippen molar-refractivity contribution >= 4 is 12.0 Å². The van der Waals surface area contributed by atoms with E-state index in [1.165, 1.54) is 0 Å². The summed E-state index contributed by atoms with van der Waals surface area (Å²) in [5, 5.41) is 0. The molecule has 0 spiro atoms. The normalized spacial score (nSPS) is 11.0. The zero-order chi connectivity index (χ0) is 18.9. The van der Waals surface area contributed by atoms with Crippen molar-refractivity contribution in [2.75, 3.05) is 27.9 Å². The van der Waals surface area contributed by atoms with Crippen molar-refractivity contribution in [1.82, 2.24) is 0 Å². The Kier molecular flexibility index (Phi) is 7.09. The Morgan fingerprint density at radius 2 is 1.62 bits per heavy atom. The molecule has 0 heterocycles. The second-order valence-electron chi connectivity index (χ2n) is 5.53. The fraction of sp³-hybridized carbons (Fsp3) is 0.286. The van der Waals surface area contributed by atoms with Crippen molar-refractivity contribution in [3.63, 3.8) is 0 Å². The van der Waals surface area contributed by atoms with Gasteiger partial charge in [0, 0.05) is 12.0 Å². The quantitative estimate of drug-likeness (QED) is 0.530. The smallest absolute Gasteiger partial charge is 0.334 e. The number of ether oxygens (including phenoxy) is 4. The van der Waals surface area contributed by atoms with Gasteiger partial charge in [0.2, 0.25) is 0 Å². The van der Waals surface area contributed by atoms with Crippen LogP contribution in [-0.2, 0) is 16.0 Å². The lowest BCUT2D eigenvalue weighted by atomic mass is 10.0. The zero-order valence-electron chi connectivity index (χ0n) is 15.6. The predicted octanol–water partition coefficient (Wildman–Crippen LogP) is 3.90. The first-order chi connectivity index (χ1) is 12.6. The number of rotatable bonds is 8. The first-order valence-electron chi connectivity index (χ1n) is 8.34. The molecule has 0 N–H and O–H groups in total. The highest BCUT2D eigenvalue weighted by Crippen LogP contribution is 2.29. The molecule has 5 nitrogen and oxygen atoms in total. The third-order valence-electron chi connectivity index (χ3n) is 3.84. The van der Waals surface area contributed by atoms with Gasteiger partial charge in [-0.05, 0) is 48.4 Å². The summed E-state index contributed by atoms with van der Waals surface area (Å²) in [5.74, 6) is 1.68. The zero-order valence-corrected chi connectivity index (χ0v) is 15.6. The van der Waals surface area contributed by atoms with Crippen LogP contribution in [0.5, 0.6) is 17.2 Å². The highest BCUT2D eigenvalue weighted by molar-refractivity contribution is 5.94. The maximum absolute atomic E-state index is 12.4. The number of benzene rings is 2. The van der Waals surface area contributed by atoms with E-state index in [1.54, 1.807) is 34.3 Å². The summed E-state index contributed by atoms with van der Waals surface area (Å²) in [6.45, 7) is 2.12. The molecule has 0 saturated carbocycles. The summed E-state index contributed by atoms with van der Waals surface area (Å²) in [4.78, 5) is 12.4. The molecular formula is C21H24O5. The summed E-state index contributed by atoms with van der Waals surface area (Å²) in [6.07, 6.45) is 2.27. The standard InChI is InChI=1S/C21H24O5/c1-5-26-21(22)17(12-15-6-9-18(23-2)10-7-15)13-16-8-11-19(24-3)20(14-16)25-4/h6-11,13-14H,5,12H2,1-4H3/b17-13+. The van der Waals surface area contributed by atoms with Crippen molar-refractivity contribution in [3.8, 4) is 17.2 Å². The van der Waals surface area contributed by atoms with Gasteiger partial charge in [0.15, 0.2) is 11.5 Å². The molecule has 0 aliphatic rings. The Morgan fingerprint density at radius 3 is 2.19 bits per heavy atom. The SMILES string of the molecule is CCOC(=O)/C(=C/c1ccc(OC)c(OC)c1)Cc1ccc(OC)cc1. The van der Waals surface area contributed by atoms with E-state index in [9.17, 15) is 4.79 Å². The number of hydrogen-bond donors (Lipinski definition) is 0. The van der Waals surface area contributed by atoms with Gasteiger partial charge in [0.05, 0.1) is 27.9 Å². The largest absolute Gasteiger partial charge is 0.497 e. The van der Waals surface area contributed by atoms with Gasteiger partial charge in [-0.2, -0.15) is 0 Å². The Labute approximate surface area is 154 Å². The molecule has 26 heavy (non-hydrogen) atoms. The molecule has 0 bridgehead atoms. The third-order valence-corrected chi connectivity index (χ3v) is 3.84. The van der Waals surface area contributed by atoms with E-state index in [0.717, 1.165) is 16.9 Å². The molecule has 0 radical (unpaired) electrons. The number of methoxy groups -OCH3 is 3. The van der Waals surface area contributed by atoms with Crippen LogP contribution in [0.4, 0.5) is 0 Å². The maximum atomic E-state index is 12.4. The van der Waals surface area contributed by atoms with Gasteiger partial charge in [-0.15, -0.1) is 0 Å². The van der Waals surface area contributed by atoms with Crippen LogP contribution in [-0.4, -0.2) is 33.9 Å². The average molecular weight is 356 g/mol. The topological polar surface area (TPSA) is 54.0 Å². The van der Waals surface area contributed by atoms with Gasteiger partial charge >= 0.3 is 5.97 Å². The van der Waals surface area contributed by atoms with E-state index in [-0.39, 0.29) is 5.97 Å². The maximum Gasteiger partial charge on any atom is 0.334 e. The molecule has 138 valence electrons. The van der Waals surface area contributed by atoms with Crippen molar-refractivity contribution < 1.29 is 23.7 Å². The molecule has 0 fully saturated rings. The van der Waals surface area contributed by atoms with Gasteiger partial charge in [0.25, 0.3) is 0 Å². The lowest BCUT2D eigenvalue weighted by Crippen LogP contribution is -2.10. The highest BCUT2D eigenvalue weighted by Gasteiger charge is 2.13. The molecule has 0 aromatic heterocycles. The van der Waals surface area contributed by atoms with E-state index in [2.05, 4.69) is 0 Å². The summed E-state index contributed by atoms with van der Waals surface area (Å²) in [5.41, 5.74) is 2.38. The molecule has 0 aliphatic carbocycles. The van der Waals surface area contributed by atoms with Crippen LogP contribution in [0.15, 0.2) is 48.0 Å². The number of esters is 1. The third kappa shape index (κ3) is 5.02. The van der Waals surface area contributed by atoms with Crippen LogP contribution in [0, 0.1) is 0 Å². The molecule has 0 atom stereocenters.